The van der Waals surface area contributed by atoms with Gasteiger partial charge < -0.3 is 15.4 Å². The lowest BCUT2D eigenvalue weighted by Gasteiger charge is -2.25. The topological polar surface area (TPSA) is 87.7 Å². The van der Waals surface area contributed by atoms with Gasteiger partial charge >= 0.3 is 6.18 Å². The van der Waals surface area contributed by atoms with E-state index in [1.54, 1.807) is 0 Å². The highest BCUT2D eigenvalue weighted by Gasteiger charge is 2.29. The first-order chi connectivity index (χ1) is 15.5. The van der Waals surface area contributed by atoms with Crippen molar-refractivity contribution in [3.63, 3.8) is 0 Å². The molecule has 1 amide bonds. The van der Waals surface area contributed by atoms with Crippen LogP contribution in [0, 0.1) is 5.82 Å². The van der Waals surface area contributed by atoms with Crippen LogP contribution in [0.1, 0.15) is 19.3 Å². The molecule has 12 heteroatoms. The summed E-state index contributed by atoms with van der Waals surface area (Å²) in [5.74, 6) is -1.55. The minimum absolute atomic E-state index is 0.114. The van der Waals surface area contributed by atoms with Crippen LogP contribution in [0.2, 0.25) is 0 Å². The van der Waals surface area contributed by atoms with Crippen LogP contribution in [0.25, 0.3) is 0 Å². The third kappa shape index (κ3) is 7.06. The van der Waals surface area contributed by atoms with Crippen LogP contribution in [-0.4, -0.2) is 51.0 Å². The number of ether oxygens (including phenoxy) is 1. The minimum atomic E-state index is -4.57. The maximum atomic E-state index is 13.5. The minimum Gasteiger partial charge on any atom is -0.482 e. The Morgan fingerprint density at radius 2 is 1.70 bits per heavy atom. The van der Waals surface area contributed by atoms with Gasteiger partial charge in [-0.15, -0.1) is 0 Å². The molecule has 2 aromatic carbocycles. The zero-order chi connectivity index (χ0) is 24.1. The normalized spacial score (nSPS) is 15.2. The molecule has 0 aliphatic carbocycles. The molecule has 0 atom stereocenters. The summed E-state index contributed by atoms with van der Waals surface area (Å²) in [7, 11) is -3.60. The van der Waals surface area contributed by atoms with E-state index in [1.165, 1.54) is 28.6 Å². The van der Waals surface area contributed by atoms with E-state index in [0.29, 0.717) is 18.8 Å². The Morgan fingerprint density at radius 3 is 2.33 bits per heavy atom. The summed E-state index contributed by atoms with van der Waals surface area (Å²) < 4.78 is 82.1. The third-order valence-electron chi connectivity index (χ3n) is 4.86. The van der Waals surface area contributed by atoms with Gasteiger partial charge in [-0.2, -0.15) is 17.5 Å². The molecule has 1 aliphatic heterocycles. The highest BCUT2D eigenvalue weighted by atomic mass is 32.2. The molecule has 3 rings (SSSR count). The Labute approximate surface area is 188 Å². The molecular formula is C21H23F4N3O4S. The Balaban J connectivity index is 1.59. The SMILES string of the molecule is O=C(CNc1cc(F)ccc1OCC(F)(F)F)Nc1ccc(S(=O)(=O)N2CCCCC2)cc1. The van der Waals surface area contributed by atoms with Crippen LogP contribution in [0.4, 0.5) is 28.9 Å². The first-order valence-corrected chi connectivity index (χ1v) is 11.6. The molecule has 2 aromatic rings. The molecule has 1 aliphatic rings. The van der Waals surface area contributed by atoms with Gasteiger partial charge in [-0.05, 0) is 49.2 Å². The van der Waals surface area contributed by atoms with E-state index in [1.807, 2.05) is 0 Å². The number of hydrogen-bond acceptors (Lipinski definition) is 5. The number of benzene rings is 2. The fraction of sp³-hybridized carbons (Fsp3) is 0.381. The van der Waals surface area contributed by atoms with Gasteiger partial charge in [-0.3, -0.25) is 4.79 Å². The second kappa shape index (κ2) is 10.4. The van der Waals surface area contributed by atoms with E-state index >= 15 is 0 Å². The molecular weight excluding hydrogens is 466 g/mol. The molecule has 0 saturated carbocycles. The largest absolute Gasteiger partial charge is 0.482 e. The van der Waals surface area contributed by atoms with Crippen molar-refractivity contribution in [3.05, 3.63) is 48.3 Å². The number of amides is 1. The van der Waals surface area contributed by atoms with Crippen molar-refractivity contribution in [2.24, 2.45) is 0 Å². The molecule has 1 saturated heterocycles. The lowest BCUT2D eigenvalue weighted by molar-refractivity contribution is -0.153. The van der Waals surface area contributed by atoms with Gasteiger partial charge in [0.2, 0.25) is 15.9 Å². The van der Waals surface area contributed by atoms with E-state index in [0.717, 1.165) is 37.5 Å². The van der Waals surface area contributed by atoms with Gasteiger partial charge in [0.1, 0.15) is 11.6 Å². The van der Waals surface area contributed by atoms with Crippen LogP contribution in [-0.2, 0) is 14.8 Å². The fourth-order valence-corrected chi connectivity index (χ4v) is 4.79. The van der Waals surface area contributed by atoms with Crippen molar-refractivity contribution >= 4 is 27.3 Å². The molecule has 1 fully saturated rings. The van der Waals surface area contributed by atoms with Crippen molar-refractivity contribution < 1.29 is 35.5 Å². The molecule has 33 heavy (non-hydrogen) atoms. The quantitative estimate of drug-likeness (QED) is 0.548. The number of alkyl halides is 3. The molecule has 0 bridgehead atoms. The van der Waals surface area contributed by atoms with E-state index in [-0.39, 0.29) is 22.9 Å². The summed E-state index contributed by atoms with van der Waals surface area (Å²) in [6, 6.07) is 8.55. The maximum absolute atomic E-state index is 13.5. The Morgan fingerprint density at radius 1 is 1.03 bits per heavy atom. The van der Waals surface area contributed by atoms with Gasteiger partial charge in [0.05, 0.1) is 17.1 Å². The Kier molecular flexibility index (Phi) is 7.80. The highest BCUT2D eigenvalue weighted by Crippen LogP contribution is 2.27. The predicted molar refractivity (Wildman–Crippen MR) is 114 cm³/mol. The van der Waals surface area contributed by atoms with Gasteiger partial charge in [-0.1, -0.05) is 6.42 Å². The van der Waals surface area contributed by atoms with Gasteiger partial charge in [0.15, 0.2) is 6.61 Å². The van der Waals surface area contributed by atoms with E-state index in [2.05, 4.69) is 15.4 Å². The maximum Gasteiger partial charge on any atom is 0.422 e. The number of rotatable bonds is 8. The number of piperidine rings is 1. The molecule has 0 aromatic heterocycles. The van der Waals surface area contributed by atoms with Crippen molar-refractivity contribution in [1.82, 2.24) is 4.31 Å². The highest BCUT2D eigenvalue weighted by molar-refractivity contribution is 7.89. The zero-order valence-electron chi connectivity index (χ0n) is 17.5. The second-order valence-electron chi connectivity index (χ2n) is 7.44. The molecule has 180 valence electrons. The smallest absolute Gasteiger partial charge is 0.422 e. The summed E-state index contributed by atoms with van der Waals surface area (Å²) in [6.07, 6.45) is -1.95. The lowest BCUT2D eigenvalue weighted by atomic mass is 10.2. The van der Waals surface area contributed by atoms with E-state index in [9.17, 15) is 30.8 Å². The lowest BCUT2D eigenvalue weighted by Crippen LogP contribution is -2.35. The molecule has 0 unspecified atom stereocenters. The number of carbonyl (C=O) groups excluding carboxylic acids is 1. The second-order valence-corrected chi connectivity index (χ2v) is 9.37. The zero-order valence-corrected chi connectivity index (χ0v) is 18.3. The molecule has 7 nitrogen and oxygen atoms in total. The Bertz CT molecular complexity index is 1070. The average Bonchev–Trinajstić information content (AvgIpc) is 2.77. The van der Waals surface area contributed by atoms with Gasteiger partial charge in [-0.25, -0.2) is 12.8 Å². The number of anilines is 2. The predicted octanol–water partition coefficient (Wildman–Crippen LogP) is 3.99. The molecule has 0 radical (unpaired) electrons. The van der Waals surface area contributed by atoms with Crippen LogP contribution in [0.15, 0.2) is 47.4 Å². The Hall–Kier alpha value is -2.86. The number of nitrogens with zero attached hydrogens (tertiary/aromatic N) is 1. The van der Waals surface area contributed by atoms with Crippen LogP contribution < -0.4 is 15.4 Å². The van der Waals surface area contributed by atoms with Gasteiger partial charge in [0, 0.05) is 24.8 Å². The van der Waals surface area contributed by atoms with E-state index < -0.39 is 34.5 Å². The van der Waals surface area contributed by atoms with Crippen LogP contribution in [0.5, 0.6) is 5.75 Å². The first-order valence-electron chi connectivity index (χ1n) is 10.2. The standard InChI is InChI=1S/C21H23F4N3O4S/c22-15-4-9-19(32-14-21(23,24)25)18(12-15)26-13-20(29)27-16-5-7-17(8-6-16)33(30,31)28-10-2-1-3-11-28/h4-9,12,26H,1-3,10-11,13-14H2,(H,27,29). The van der Waals surface area contributed by atoms with Crippen molar-refractivity contribution in [2.45, 2.75) is 30.3 Å². The molecule has 0 spiro atoms. The first kappa shape index (κ1) is 24.8. The van der Waals surface area contributed by atoms with Crippen molar-refractivity contribution in [2.75, 3.05) is 36.9 Å². The number of nitrogens with one attached hydrogen (secondary N) is 2. The molecule has 1 heterocycles. The number of halogens is 4. The summed E-state index contributed by atoms with van der Waals surface area (Å²) in [4.78, 5) is 12.3. The number of hydrogen-bond donors (Lipinski definition) is 2. The van der Waals surface area contributed by atoms with Crippen molar-refractivity contribution in [3.8, 4) is 5.75 Å². The van der Waals surface area contributed by atoms with Crippen LogP contribution in [0.3, 0.4) is 0 Å². The summed E-state index contributed by atoms with van der Waals surface area (Å²) >= 11 is 0. The van der Waals surface area contributed by atoms with Crippen LogP contribution >= 0.6 is 0 Å². The number of carbonyl (C=O) groups is 1. The number of sulfonamides is 1. The monoisotopic (exact) mass is 489 g/mol. The third-order valence-corrected chi connectivity index (χ3v) is 6.78. The summed E-state index contributed by atoms with van der Waals surface area (Å²) in [5, 5.41) is 5.08. The van der Waals surface area contributed by atoms with Crippen molar-refractivity contribution in [1.29, 1.82) is 0 Å². The summed E-state index contributed by atoms with van der Waals surface area (Å²) in [6.45, 7) is -1.01. The van der Waals surface area contributed by atoms with E-state index in [4.69, 9.17) is 0 Å². The molecule has 2 N–H and O–H groups in total. The fourth-order valence-electron chi connectivity index (χ4n) is 3.27. The average molecular weight is 489 g/mol. The summed E-state index contributed by atoms with van der Waals surface area (Å²) in [5.41, 5.74) is 0.213. The van der Waals surface area contributed by atoms with Gasteiger partial charge in [0.25, 0.3) is 0 Å².